The molecule has 1 aromatic rings. The lowest BCUT2D eigenvalue weighted by molar-refractivity contribution is 0.370. The number of unbranched alkanes of at least 4 members (excludes halogenated alkanes) is 1. The summed E-state index contributed by atoms with van der Waals surface area (Å²) in [7, 11) is 0. The van der Waals surface area contributed by atoms with Gasteiger partial charge in [-0.25, -0.2) is 0 Å². The van der Waals surface area contributed by atoms with Crippen LogP contribution in [-0.2, 0) is 0 Å². The average molecular weight is 309 g/mol. The van der Waals surface area contributed by atoms with Crippen LogP contribution in [0.4, 0.5) is 0 Å². The fourth-order valence-electron chi connectivity index (χ4n) is 5.26. The second-order valence-electron chi connectivity index (χ2n) is 7.54. The van der Waals surface area contributed by atoms with E-state index in [4.69, 9.17) is 0 Å². The van der Waals surface area contributed by atoms with E-state index in [0.717, 1.165) is 5.92 Å². The smallest absolute Gasteiger partial charge is 0.0195 e. The molecule has 0 unspecified atom stereocenters. The summed E-state index contributed by atoms with van der Waals surface area (Å²) in [6, 6.07) is 11.0. The molecule has 124 valence electrons. The van der Waals surface area contributed by atoms with Crippen LogP contribution in [0.15, 0.2) is 48.1 Å². The van der Waals surface area contributed by atoms with E-state index < -0.39 is 0 Å². The first-order valence-electron chi connectivity index (χ1n) is 9.70. The Bertz CT molecular complexity index is 577. The van der Waals surface area contributed by atoms with Crippen molar-refractivity contribution in [2.75, 3.05) is 0 Å². The minimum Gasteiger partial charge on any atom is -0.0943 e. The topological polar surface area (TPSA) is 0 Å². The number of fused-ring (bicyclic) bond motifs is 1. The fraction of sp³-hybridized carbons (Fsp3) is 0.565. The summed E-state index contributed by atoms with van der Waals surface area (Å²) < 4.78 is 0. The van der Waals surface area contributed by atoms with Gasteiger partial charge in [0.25, 0.3) is 0 Å². The Balaban J connectivity index is 2.01. The van der Waals surface area contributed by atoms with Crippen molar-refractivity contribution in [2.45, 2.75) is 71.6 Å². The molecule has 2 atom stereocenters. The Morgan fingerprint density at radius 3 is 2.61 bits per heavy atom. The van der Waals surface area contributed by atoms with Gasteiger partial charge in [-0.05, 0) is 55.6 Å². The lowest BCUT2D eigenvalue weighted by Crippen LogP contribution is -2.25. The van der Waals surface area contributed by atoms with Gasteiger partial charge in [0.15, 0.2) is 0 Å². The van der Waals surface area contributed by atoms with Crippen LogP contribution in [-0.4, -0.2) is 0 Å². The molecule has 3 rings (SSSR count). The van der Waals surface area contributed by atoms with Crippen LogP contribution in [0.2, 0.25) is 0 Å². The monoisotopic (exact) mass is 308 g/mol. The second kappa shape index (κ2) is 7.07. The van der Waals surface area contributed by atoms with Crippen molar-refractivity contribution in [1.82, 2.24) is 0 Å². The van der Waals surface area contributed by atoms with E-state index in [1.807, 2.05) is 0 Å². The molecule has 23 heavy (non-hydrogen) atoms. The number of rotatable bonds is 7. The third kappa shape index (κ3) is 2.82. The van der Waals surface area contributed by atoms with Gasteiger partial charge in [0.1, 0.15) is 0 Å². The van der Waals surface area contributed by atoms with Crippen molar-refractivity contribution in [3.05, 3.63) is 53.6 Å². The zero-order chi connectivity index (χ0) is 16.3. The fourth-order valence-corrected chi connectivity index (χ4v) is 5.26. The quantitative estimate of drug-likeness (QED) is 0.468. The predicted octanol–water partition coefficient (Wildman–Crippen LogP) is 7.18. The summed E-state index contributed by atoms with van der Waals surface area (Å²) >= 11 is 0. The van der Waals surface area contributed by atoms with Gasteiger partial charge in [0.2, 0.25) is 0 Å². The third-order valence-corrected chi connectivity index (χ3v) is 6.27. The van der Waals surface area contributed by atoms with Crippen LogP contribution in [0.25, 0.3) is 5.57 Å². The number of allylic oxidation sites excluding steroid dienone is 3. The van der Waals surface area contributed by atoms with Crippen molar-refractivity contribution in [2.24, 2.45) is 11.3 Å². The van der Waals surface area contributed by atoms with Crippen LogP contribution in [0.3, 0.4) is 0 Å². The first kappa shape index (κ1) is 16.6. The summed E-state index contributed by atoms with van der Waals surface area (Å²) in [6.07, 6.45) is 12.0. The van der Waals surface area contributed by atoms with E-state index >= 15 is 0 Å². The van der Waals surface area contributed by atoms with Crippen molar-refractivity contribution in [3.63, 3.8) is 0 Å². The van der Waals surface area contributed by atoms with E-state index in [0.29, 0.717) is 5.41 Å². The molecule has 1 aromatic carbocycles. The molecule has 0 heterocycles. The minimum absolute atomic E-state index is 0.292. The van der Waals surface area contributed by atoms with Gasteiger partial charge >= 0.3 is 0 Å². The maximum absolute atomic E-state index is 4.65. The Morgan fingerprint density at radius 1 is 1.13 bits per heavy atom. The normalized spacial score (nSPS) is 26.6. The molecule has 2 aliphatic rings. The van der Waals surface area contributed by atoms with Crippen molar-refractivity contribution in [1.29, 1.82) is 0 Å². The Morgan fingerprint density at radius 2 is 1.91 bits per heavy atom. The van der Waals surface area contributed by atoms with Crippen LogP contribution in [0.5, 0.6) is 0 Å². The van der Waals surface area contributed by atoms with E-state index in [-0.39, 0.29) is 0 Å². The van der Waals surface area contributed by atoms with Gasteiger partial charge in [0, 0.05) is 5.41 Å². The number of hydrogen-bond acceptors (Lipinski definition) is 0. The standard InChI is InChI=1S/C23H32/c1-4-6-12-20-17-21-15-10-16-23(21,22(20)11-5-2)18(3)19-13-8-7-9-14-19/h7-9,13-14,21H,3-6,10-12,15-17H2,1-2H3/t21-,23+/m0/s1. The highest BCUT2D eigenvalue weighted by Gasteiger charge is 2.51. The van der Waals surface area contributed by atoms with E-state index in [9.17, 15) is 0 Å². The molecule has 0 aromatic heterocycles. The molecule has 0 radical (unpaired) electrons. The second-order valence-corrected chi connectivity index (χ2v) is 7.54. The van der Waals surface area contributed by atoms with E-state index in [2.05, 4.69) is 50.8 Å². The van der Waals surface area contributed by atoms with Gasteiger partial charge < -0.3 is 0 Å². The van der Waals surface area contributed by atoms with Crippen LogP contribution in [0, 0.1) is 11.3 Å². The highest BCUT2D eigenvalue weighted by Crippen LogP contribution is 2.64. The van der Waals surface area contributed by atoms with Gasteiger partial charge in [0.05, 0.1) is 0 Å². The Kier molecular flexibility index (Phi) is 5.09. The third-order valence-electron chi connectivity index (χ3n) is 6.27. The zero-order valence-corrected chi connectivity index (χ0v) is 15.0. The van der Waals surface area contributed by atoms with Gasteiger partial charge in [-0.2, -0.15) is 0 Å². The molecular formula is C23H32. The molecule has 2 aliphatic carbocycles. The van der Waals surface area contributed by atoms with Crippen molar-refractivity contribution < 1.29 is 0 Å². The Labute approximate surface area is 142 Å². The molecular weight excluding hydrogens is 276 g/mol. The summed E-state index contributed by atoms with van der Waals surface area (Å²) in [6.45, 7) is 9.31. The predicted molar refractivity (Wildman–Crippen MR) is 101 cm³/mol. The molecule has 0 aliphatic heterocycles. The lowest BCUT2D eigenvalue weighted by atomic mass is 9.67. The van der Waals surface area contributed by atoms with Gasteiger partial charge in [-0.15, -0.1) is 0 Å². The lowest BCUT2D eigenvalue weighted by Gasteiger charge is -2.36. The number of benzene rings is 1. The van der Waals surface area contributed by atoms with E-state index in [1.54, 1.807) is 11.1 Å². The van der Waals surface area contributed by atoms with E-state index in [1.165, 1.54) is 68.9 Å². The summed E-state index contributed by atoms with van der Waals surface area (Å²) in [4.78, 5) is 0. The molecule has 0 nitrogen and oxygen atoms in total. The van der Waals surface area contributed by atoms with Gasteiger partial charge in [-0.3, -0.25) is 0 Å². The van der Waals surface area contributed by atoms with Crippen LogP contribution in [0.1, 0.15) is 77.2 Å². The molecule has 0 bridgehead atoms. The summed E-state index contributed by atoms with van der Waals surface area (Å²) in [5, 5.41) is 0. The Hall–Kier alpha value is -1.30. The zero-order valence-electron chi connectivity index (χ0n) is 15.0. The molecule has 0 heteroatoms. The minimum atomic E-state index is 0.292. The van der Waals surface area contributed by atoms with Gasteiger partial charge in [-0.1, -0.05) is 81.2 Å². The molecule has 1 fully saturated rings. The maximum atomic E-state index is 4.65. The number of hydrogen-bond donors (Lipinski definition) is 0. The summed E-state index contributed by atoms with van der Waals surface area (Å²) in [5.41, 5.74) is 6.67. The van der Waals surface area contributed by atoms with Crippen LogP contribution >= 0.6 is 0 Å². The molecule has 0 saturated heterocycles. The highest BCUT2D eigenvalue weighted by atomic mass is 14.6. The first-order valence-corrected chi connectivity index (χ1v) is 9.70. The van der Waals surface area contributed by atoms with Crippen LogP contribution < -0.4 is 0 Å². The molecule has 1 saturated carbocycles. The molecule has 0 spiro atoms. The molecule has 0 N–H and O–H groups in total. The average Bonchev–Trinajstić information content (AvgIpc) is 3.12. The SMILES string of the molecule is C=C(c1ccccc1)[C@]12CCC[C@H]1CC(CCCC)=C2CCC. The summed E-state index contributed by atoms with van der Waals surface area (Å²) in [5.74, 6) is 0.823. The molecule has 0 amide bonds. The largest absolute Gasteiger partial charge is 0.0943 e. The maximum Gasteiger partial charge on any atom is 0.0195 e. The highest BCUT2D eigenvalue weighted by molar-refractivity contribution is 5.74. The van der Waals surface area contributed by atoms with Crippen molar-refractivity contribution in [3.8, 4) is 0 Å². The first-order chi connectivity index (χ1) is 11.2. The van der Waals surface area contributed by atoms with Crippen molar-refractivity contribution >= 4 is 5.57 Å².